The summed E-state index contributed by atoms with van der Waals surface area (Å²) in [6.45, 7) is 0. The number of carbonyl (C=O) groups excluding carboxylic acids is 1. The molecule has 68 valence electrons. The average Bonchev–Trinajstić information content (AvgIpc) is 2.49. The van der Waals surface area contributed by atoms with Crippen molar-refractivity contribution >= 4 is 29.4 Å². The highest BCUT2D eigenvalue weighted by molar-refractivity contribution is 6.03. The van der Waals surface area contributed by atoms with Gasteiger partial charge in [0.15, 0.2) is 12.0 Å². The SMILES string of the molecule is Cl.NC(=O)c1cccc2ocnc12.[H+]. The predicted octanol–water partition coefficient (Wildman–Crippen LogP) is 1.46. The molecule has 0 aliphatic rings. The second-order valence-corrected chi connectivity index (χ2v) is 2.37. The van der Waals surface area contributed by atoms with E-state index in [1.807, 2.05) is 0 Å². The first-order valence-corrected chi connectivity index (χ1v) is 3.41. The van der Waals surface area contributed by atoms with Crippen LogP contribution < -0.4 is 5.73 Å². The fourth-order valence-electron chi connectivity index (χ4n) is 1.09. The van der Waals surface area contributed by atoms with E-state index in [1.54, 1.807) is 18.2 Å². The Labute approximate surface area is 81.6 Å². The molecule has 13 heavy (non-hydrogen) atoms. The number of carbonyl (C=O) groups is 1. The molecule has 0 saturated heterocycles. The number of oxazole rings is 1. The number of primary amides is 1. The minimum Gasteiger partial charge on any atom is -0.443 e. The molecule has 5 heteroatoms. The average molecular weight is 200 g/mol. The summed E-state index contributed by atoms with van der Waals surface area (Å²) in [5.74, 6) is -0.491. The summed E-state index contributed by atoms with van der Waals surface area (Å²) in [5, 5.41) is 0. The maximum Gasteiger partial charge on any atom is 1.00 e. The number of hydrogen-bond acceptors (Lipinski definition) is 3. The number of nitrogens with two attached hydrogens (primary N) is 1. The van der Waals surface area contributed by atoms with E-state index < -0.39 is 5.91 Å². The van der Waals surface area contributed by atoms with Crippen LogP contribution >= 0.6 is 12.4 Å². The molecule has 1 aromatic carbocycles. The normalized spacial score (nSPS) is 9.54. The summed E-state index contributed by atoms with van der Waals surface area (Å²) < 4.78 is 4.99. The Bertz CT molecular complexity index is 444. The summed E-state index contributed by atoms with van der Waals surface area (Å²) >= 11 is 0. The summed E-state index contributed by atoms with van der Waals surface area (Å²) in [6.07, 6.45) is 1.29. The van der Waals surface area contributed by atoms with Gasteiger partial charge in [-0.3, -0.25) is 4.79 Å². The molecular weight excluding hydrogens is 192 g/mol. The van der Waals surface area contributed by atoms with Crippen LogP contribution in [0.25, 0.3) is 11.1 Å². The van der Waals surface area contributed by atoms with Gasteiger partial charge in [-0.05, 0) is 12.1 Å². The van der Waals surface area contributed by atoms with E-state index in [0.29, 0.717) is 16.7 Å². The Hall–Kier alpha value is -1.55. The molecule has 0 aliphatic carbocycles. The van der Waals surface area contributed by atoms with Gasteiger partial charge < -0.3 is 10.2 Å². The second-order valence-electron chi connectivity index (χ2n) is 2.37. The molecule has 0 atom stereocenters. The van der Waals surface area contributed by atoms with Gasteiger partial charge in [-0.15, -0.1) is 12.4 Å². The van der Waals surface area contributed by atoms with Crippen molar-refractivity contribution in [3.05, 3.63) is 30.2 Å². The Morgan fingerprint density at radius 2 is 2.31 bits per heavy atom. The van der Waals surface area contributed by atoms with Crippen LogP contribution in [0, 0.1) is 0 Å². The van der Waals surface area contributed by atoms with Gasteiger partial charge in [-0.2, -0.15) is 0 Å². The molecule has 0 bridgehead atoms. The summed E-state index contributed by atoms with van der Waals surface area (Å²) in [4.78, 5) is 14.7. The second kappa shape index (κ2) is 3.45. The molecule has 2 rings (SSSR count). The van der Waals surface area contributed by atoms with Gasteiger partial charge >= 0.3 is 1.43 Å². The third-order valence-electron chi connectivity index (χ3n) is 1.63. The number of benzene rings is 1. The zero-order valence-electron chi connectivity index (χ0n) is 7.56. The molecule has 0 spiro atoms. The Morgan fingerprint density at radius 3 is 3.00 bits per heavy atom. The van der Waals surface area contributed by atoms with Crippen LogP contribution in [0.15, 0.2) is 29.0 Å². The Kier molecular flexibility index (Phi) is 2.53. The minimum absolute atomic E-state index is 0. The van der Waals surface area contributed by atoms with Crippen molar-refractivity contribution in [2.45, 2.75) is 0 Å². The molecular formula is C8H8ClN2O2+. The molecule has 0 radical (unpaired) electrons. The quantitative estimate of drug-likeness (QED) is 0.756. The first kappa shape index (κ1) is 9.54. The van der Waals surface area contributed by atoms with Crippen molar-refractivity contribution in [2.24, 2.45) is 5.73 Å². The largest absolute Gasteiger partial charge is 1.00 e. The van der Waals surface area contributed by atoms with Crippen molar-refractivity contribution in [3.63, 3.8) is 0 Å². The van der Waals surface area contributed by atoms with Crippen LogP contribution in [-0.2, 0) is 0 Å². The van der Waals surface area contributed by atoms with Crippen molar-refractivity contribution in [1.29, 1.82) is 0 Å². The Morgan fingerprint density at radius 1 is 1.54 bits per heavy atom. The van der Waals surface area contributed by atoms with Gasteiger partial charge in [0.25, 0.3) is 5.91 Å². The van der Waals surface area contributed by atoms with Crippen molar-refractivity contribution in [2.75, 3.05) is 0 Å². The standard InChI is InChI=1S/C8H6N2O2.ClH/c9-8(11)5-2-1-3-6-7(5)10-4-12-6;/h1-4H,(H2,9,11);1H/p+1. The number of hydrogen-bond donors (Lipinski definition) is 1. The lowest BCUT2D eigenvalue weighted by molar-refractivity contribution is 0.100. The lowest BCUT2D eigenvalue weighted by Gasteiger charge is -1.93. The molecule has 0 aliphatic heterocycles. The molecule has 2 N–H and O–H groups in total. The number of nitrogens with zero attached hydrogens (tertiary/aromatic N) is 1. The summed E-state index contributed by atoms with van der Waals surface area (Å²) in [7, 11) is 0. The third-order valence-corrected chi connectivity index (χ3v) is 1.63. The van der Waals surface area contributed by atoms with Gasteiger partial charge in [0.2, 0.25) is 0 Å². The molecule has 1 aromatic heterocycles. The number of aromatic nitrogens is 1. The van der Waals surface area contributed by atoms with E-state index in [2.05, 4.69) is 4.98 Å². The summed E-state index contributed by atoms with van der Waals surface area (Å²) in [6, 6.07) is 5.05. The summed E-state index contributed by atoms with van der Waals surface area (Å²) in [5.41, 5.74) is 6.60. The van der Waals surface area contributed by atoms with Crippen molar-refractivity contribution < 1.29 is 10.6 Å². The van der Waals surface area contributed by atoms with Crippen LogP contribution in [0.4, 0.5) is 0 Å². The van der Waals surface area contributed by atoms with Crippen LogP contribution in [-0.4, -0.2) is 10.9 Å². The number of para-hydroxylation sites is 1. The van der Waals surface area contributed by atoms with E-state index in [0.717, 1.165) is 0 Å². The third kappa shape index (κ3) is 1.48. The van der Waals surface area contributed by atoms with Gasteiger partial charge in [0, 0.05) is 0 Å². The zero-order valence-corrected chi connectivity index (χ0v) is 7.38. The molecule has 0 fully saturated rings. The van der Waals surface area contributed by atoms with E-state index >= 15 is 0 Å². The first-order valence-electron chi connectivity index (χ1n) is 3.41. The van der Waals surface area contributed by atoms with Crippen LogP contribution in [0.2, 0.25) is 0 Å². The number of amides is 1. The van der Waals surface area contributed by atoms with Gasteiger partial charge in [-0.25, -0.2) is 4.98 Å². The zero-order chi connectivity index (χ0) is 8.55. The topological polar surface area (TPSA) is 69.1 Å². The van der Waals surface area contributed by atoms with Gasteiger partial charge in [0.05, 0.1) is 5.56 Å². The lowest BCUT2D eigenvalue weighted by Crippen LogP contribution is -2.11. The molecule has 0 unspecified atom stereocenters. The van der Waals surface area contributed by atoms with Gasteiger partial charge in [-0.1, -0.05) is 6.07 Å². The first-order chi connectivity index (χ1) is 5.79. The molecule has 1 heterocycles. The fourth-order valence-corrected chi connectivity index (χ4v) is 1.09. The highest BCUT2D eigenvalue weighted by atomic mass is 35.5. The van der Waals surface area contributed by atoms with Gasteiger partial charge in [0.1, 0.15) is 5.52 Å². The van der Waals surface area contributed by atoms with Crippen molar-refractivity contribution in [1.82, 2.24) is 4.98 Å². The highest BCUT2D eigenvalue weighted by Crippen LogP contribution is 2.15. The van der Waals surface area contributed by atoms with E-state index in [1.165, 1.54) is 6.39 Å². The minimum atomic E-state index is -0.491. The van der Waals surface area contributed by atoms with E-state index in [9.17, 15) is 4.79 Å². The number of halogens is 1. The van der Waals surface area contributed by atoms with Crippen LogP contribution in [0.5, 0.6) is 0 Å². The lowest BCUT2D eigenvalue weighted by atomic mass is 10.2. The van der Waals surface area contributed by atoms with E-state index in [4.69, 9.17) is 10.2 Å². The molecule has 0 saturated carbocycles. The predicted molar refractivity (Wildman–Crippen MR) is 50.9 cm³/mol. The van der Waals surface area contributed by atoms with Crippen LogP contribution in [0.1, 0.15) is 11.8 Å². The maximum atomic E-state index is 10.9. The number of rotatable bonds is 1. The molecule has 1 amide bonds. The van der Waals surface area contributed by atoms with E-state index in [-0.39, 0.29) is 13.8 Å². The van der Waals surface area contributed by atoms with Crippen molar-refractivity contribution in [3.8, 4) is 0 Å². The molecule has 4 nitrogen and oxygen atoms in total. The highest BCUT2D eigenvalue weighted by Gasteiger charge is 2.08. The monoisotopic (exact) mass is 199 g/mol. The Balaban J connectivity index is 0.000000845. The number of fused-ring (bicyclic) bond motifs is 1. The smallest absolute Gasteiger partial charge is 0.443 e. The fraction of sp³-hybridized carbons (Fsp3) is 0. The molecule has 2 aromatic rings. The maximum absolute atomic E-state index is 10.9. The van der Waals surface area contributed by atoms with Crippen LogP contribution in [0.3, 0.4) is 0 Å².